The number of ether oxygens (including phenoxy) is 1. The second-order valence-corrected chi connectivity index (χ2v) is 7.00. The van der Waals surface area contributed by atoms with Crippen LogP contribution in [0.1, 0.15) is 51.9 Å². The zero-order valence-corrected chi connectivity index (χ0v) is 15.9. The maximum absolute atomic E-state index is 5.60. The molecule has 1 atom stereocenters. The standard InChI is InChI=1S/C16H30BrN3O/c1-7-9-18-12(11-16(3,4)21-6)10-14-15(17)13(8-2)19-20(14)5/h12,18H,7-11H2,1-6H3. The minimum Gasteiger partial charge on any atom is -0.379 e. The Hall–Kier alpha value is -0.390. The van der Waals surface area contributed by atoms with Gasteiger partial charge in [-0.05, 0) is 55.6 Å². The van der Waals surface area contributed by atoms with Crippen LogP contribution < -0.4 is 5.32 Å². The van der Waals surface area contributed by atoms with Crippen LogP contribution in [0, 0.1) is 0 Å². The highest BCUT2D eigenvalue weighted by molar-refractivity contribution is 9.10. The summed E-state index contributed by atoms with van der Waals surface area (Å²) in [5.41, 5.74) is 2.27. The summed E-state index contributed by atoms with van der Waals surface area (Å²) in [5.74, 6) is 0. The Morgan fingerprint density at radius 2 is 2.05 bits per heavy atom. The highest BCUT2D eigenvalue weighted by atomic mass is 79.9. The normalized spacial score (nSPS) is 13.7. The van der Waals surface area contributed by atoms with Gasteiger partial charge in [0.2, 0.25) is 0 Å². The maximum Gasteiger partial charge on any atom is 0.0766 e. The Kier molecular flexibility index (Phi) is 7.37. The number of hydrogen-bond acceptors (Lipinski definition) is 3. The van der Waals surface area contributed by atoms with Gasteiger partial charge in [0.1, 0.15) is 0 Å². The third-order valence-corrected chi connectivity index (χ3v) is 4.83. The van der Waals surface area contributed by atoms with Crippen molar-refractivity contribution in [3.8, 4) is 0 Å². The molecule has 21 heavy (non-hydrogen) atoms. The molecule has 0 aliphatic rings. The van der Waals surface area contributed by atoms with E-state index < -0.39 is 0 Å². The zero-order chi connectivity index (χ0) is 16.0. The molecule has 5 heteroatoms. The zero-order valence-electron chi connectivity index (χ0n) is 14.3. The van der Waals surface area contributed by atoms with E-state index in [-0.39, 0.29) is 5.60 Å². The van der Waals surface area contributed by atoms with Crippen LogP contribution in [0.3, 0.4) is 0 Å². The van der Waals surface area contributed by atoms with E-state index in [0.717, 1.165) is 42.4 Å². The Morgan fingerprint density at radius 1 is 1.38 bits per heavy atom. The second-order valence-electron chi connectivity index (χ2n) is 6.21. The average molecular weight is 360 g/mol. The van der Waals surface area contributed by atoms with Gasteiger partial charge in [0, 0.05) is 26.6 Å². The van der Waals surface area contributed by atoms with Gasteiger partial charge in [-0.2, -0.15) is 5.10 Å². The summed E-state index contributed by atoms with van der Waals surface area (Å²) >= 11 is 3.71. The lowest BCUT2D eigenvalue weighted by molar-refractivity contribution is 0.00699. The number of nitrogens with zero attached hydrogens (tertiary/aromatic N) is 2. The van der Waals surface area contributed by atoms with Gasteiger partial charge in [-0.3, -0.25) is 4.68 Å². The molecule has 0 aliphatic carbocycles. The fraction of sp³-hybridized carbons (Fsp3) is 0.812. The van der Waals surface area contributed by atoms with Gasteiger partial charge in [0.05, 0.1) is 21.5 Å². The minimum absolute atomic E-state index is 0.121. The van der Waals surface area contributed by atoms with Crippen LogP contribution in [-0.2, 0) is 24.6 Å². The third kappa shape index (κ3) is 5.38. The summed E-state index contributed by atoms with van der Waals surface area (Å²) in [6.07, 6.45) is 4.02. The SMILES string of the molecule is CCCNC(Cc1c(Br)c(CC)nn1C)CC(C)(C)OC. The first-order valence-corrected chi connectivity index (χ1v) is 8.62. The van der Waals surface area contributed by atoms with E-state index in [2.05, 4.69) is 54.0 Å². The Bertz CT molecular complexity index is 443. The molecular weight excluding hydrogens is 330 g/mol. The number of aromatic nitrogens is 2. The fourth-order valence-corrected chi connectivity index (χ4v) is 3.29. The van der Waals surface area contributed by atoms with Crippen molar-refractivity contribution < 1.29 is 4.74 Å². The molecule has 0 saturated heterocycles. The summed E-state index contributed by atoms with van der Waals surface area (Å²) < 4.78 is 8.76. The summed E-state index contributed by atoms with van der Waals surface area (Å²) in [6, 6.07) is 0.385. The van der Waals surface area contributed by atoms with Crippen molar-refractivity contribution >= 4 is 15.9 Å². The van der Waals surface area contributed by atoms with E-state index in [0.29, 0.717) is 6.04 Å². The summed E-state index contributed by atoms with van der Waals surface area (Å²) in [6.45, 7) is 9.64. The molecule has 0 spiro atoms. The first kappa shape index (κ1) is 18.7. The number of hydrogen-bond donors (Lipinski definition) is 1. The molecule has 4 nitrogen and oxygen atoms in total. The summed E-state index contributed by atoms with van der Waals surface area (Å²) in [7, 11) is 3.81. The molecule has 0 bridgehead atoms. The maximum atomic E-state index is 5.60. The Balaban J connectivity index is 2.88. The van der Waals surface area contributed by atoms with Gasteiger partial charge in [-0.15, -0.1) is 0 Å². The number of halogens is 1. The van der Waals surface area contributed by atoms with Crippen LogP contribution in [0.15, 0.2) is 4.47 Å². The second kappa shape index (κ2) is 8.30. The molecule has 1 unspecified atom stereocenters. The number of nitrogens with one attached hydrogen (secondary N) is 1. The predicted octanol–water partition coefficient (Wildman–Crippen LogP) is 3.47. The average Bonchev–Trinajstić information content (AvgIpc) is 2.71. The van der Waals surface area contributed by atoms with Crippen molar-refractivity contribution in [2.45, 2.75) is 65.0 Å². The molecule has 122 valence electrons. The van der Waals surface area contributed by atoms with Gasteiger partial charge in [0.25, 0.3) is 0 Å². The molecular formula is C16H30BrN3O. The van der Waals surface area contributed by atoms with Crippen molar-refractivity contribution in [2.75, 3.05) is 13.7 Å². The largest absolute Gasteiger partial charge is 0.379 e. The van der Waals surface area contributed by atoms with Crippen molar-refractivity contribution in [3.63, 3.8) is 0 Å². The van der Waals surface area contributed by atoms with Gasteiger partial charge < -0.3 is 10.1 Å². The van der Waals surface area contributed by atoms with Crippen LogP contribution in [0.25, 0.3) is 0 Å². The molecule has 0 fully saturated rings. The third-order valence-electron chi connectivity index (χ3n) is 3.92. The topological polar surface area (TPSA) is 39.1 Å². The molecule has 1 aromatic heterocycles. The van der Waals surface area contributed by atoms with Crippen molar-refractivity contribution in [1.82, 2.24) is 15.1 Å². The molecule has 0 radical (unpaired) electrons. The van der Waals surface area contributed by atoms with Crippen molar-refractivity contribution in [2.24, 2.45) is 7.05 Å². The van der Waals surface area contributed by atoms with Crippen molar-refractivity contribution in [3.05, 3.63) is 15.9 Å². The lowest BCUT2D eigenvalue weighted by Gasteiger charge is -2.29. The van der Waals surface area contributed by atoms with Gasteiger partial charge >= 0.3 is 0 Å². The van der Waals surface area contributed by atoms with E-state index >= 15 is 0 Å². The molecule has 1 heterocycles. The smallest absolute Gasteiger partial charge is 0.0766 e. The van der Waals surface area contributed by atoms with Gasteiger partial charge in [-0.1, -0.05) is 13.8 Å². The molecule has 0 aliphatic heterocycles. The molecule has 0 saturated carbocycles. The number of aryl methyl sites for hydroxylation is 2. The van der Waals surface area contributed by atoms with E-state index in [1.165, 1.54) is 5.69 Å². The van der Waals surface area contributed by atoms with Crippen molar-refractivity contribution in [1.29, 1.82) is 0 Å². The summed E-state index contributed by atoms with van der Waals surface area (Å²) in [4.78, 5) is 0. The lowest BCUT2D eigenvalue weighted by Crippen LogP contribution is -2.39. The monoisotopic (exact) mass is 359 g/mol. The van der Waals surface area contributed by atoms with Crippen LogP contribution in [0.4, 0.5) is 0 Å². The van der Waals surface area contributed by atoms with Crippen LogP contribution in [0.2, 0.25) is 0 Å². The first-order valence-electron chi connectivity index (χ1n) is 7.83. The van der Waals surface area contributed by atoms with E-state index in [9.17, 15) is 0 Å². The number of methoxy groups -OCH3 is 1. The van der Waals surface area contributed by atoms with E-state index in [1.54, 1.807) is 7.11 Å². The highest BCUT2D eigenvalue weighted by Gasteiger charge is 2.25. The molecule has 0 aromatic carbocycles. The Labute approximate surface area is 137 Å². The van der Waals surface area contributed by atoms with Crippen LogP contribution in [0.5, 0.6) is 0 Å². The summed E-state index contributed by atoms with van der Waals surface area (Å²) in [5, 5.41) is 8.24. The Morgan fingerprint density at radius 3 is 2.52 bits per heavy atom. The van der Waals surface area contributed by atoms with Crippen LogP contribution >= 0.6 is 15.9 Å². The number of rotatable bonds is 9. The highest BCUT2D eigenvalue weighted by Crippen LogP contribution is 2.25. The van der Waals surface area contributed by atoms with Gasteiger partial charge in [-0.25, -0.2) is 0 Å². The first-order chi connectivity index (χ1) is 9.84. The van der Waals surface area contributed by atoms with Crippen LogP contribution in [-0.4, -0.2) is 35.1 Å². The molecule has 1 aromatic rings. The quantitative estimate of drug-likeness (QED) is 0.733. The van der Waals surface area contributed by atoms with Gasteiger partial charge in [0.15, 0.2) is 0 Å². The minimum atomic E-state index is -0.121. The predicted molar refractivity (Wildman–Crippen MR) is 91.8 cm³/mol. The molecule has 1 N–H and O–H groups in total. The lowest BCUT2D eigenvalue weighted by atomic mass is 9.95. The molecule has 0 amide bonds. The van der Waals surface area contributed by atoms with E-state index in [4.69, 9.17) is 4.74 Å². The van der Waals surface area contributed by atoms with E-state index in [1.807, 2.05) is 11.7 Å². The molecule has 1 rings (SSSR count). The fourth-order valence-electron chi connectivity index (χ4n) is 2.52.